The zero-order chi connectivity index (χ0) is 19.9. The van der Waals surface area contributed by atoms with E-state index in [0.29, 0.717) is 37.2 Å². The molecule has 2 fully saturated rings. The lowest BCUT2D eigenvalue weighted by Gasteiger charge is -2.30. The summed E-state index contributed by atoms with van der Waals surface area (Å²) in [6.07, 6.45) is 5.26. The molecule has 3 rings (SSSR count). The Kier molecular flexibility index (Phi) is 6.90. The zero-order valence-electron chi connectivity index (χ0n) is 16.1. The van der Waals surface area contributed by atoms with Gasteiger partial charge in [0.1, 0.15) is 5.75 Å². The number of para-hydroxylation sites is 1. The first-order chi connectivity index (χ1) is 13.6. The molecule has 2 aliphatic heterocycles. The van der Waals surface area contributed by atoms with E-state index < -0.39 is 5.97 Å². The number of carbonyl (C=O) groups is 3. The first-order valence-electron chi connectivity index (χ1n) is 10.1. The smallest absolute Gasteiger partial charge is 0.306 e. The lowest BCUT2D eigenvalue weighted by atomic mass is 9.96. The number of carboxylic acids is 1. The third-order valence-electron chi connectivity index (χ3n) is 5.56. The molecule has 2 saturated heterocycles. The van der Waals surface area contributed by atoms with Gasteiger partial charge in [-0.05, 0) is 37.8 Å². The van der Waals surface area contributed by atoms with Crippen molar-refractivity contribution < 1.29 is 24.2 Å². The molecule has 152 valence electrons. The van der Waals surface area contributed by atoms with Crippen LogP contribution in [-0.4, -0.2) is 65.5 Å². The van der Waals surface area contributed by atoms with E-state index in [1.807, 2.05) is 4.90 Å². The maximum Gasteiger partial charge on any atom is 0.306 e. The van der Waals surface area contributed by atoms with Gasteiger partial charge in [0.25, 0.3) is 11.8 Å². The van der Waals surface area contributed by atoms with E-state index in [9.17, 15) is 14.4 Å². The van der Waals surface area contributed by atoms with E-state index in [4.69, 9.17) is 9.84 Å². The van der Waals surface area contributed by atoms with Crippen LogP contribution in [0.3, 0.4) is 0 Å². The van der Waals surface area contributed by atoms with Crippen molar-refractivity contribution in [1.29, 1.82) is 0 Å². The summed E-state index contributed by atoms with van der Waals surface area (Å²) in [7, 11) is 0. The van der Waals surface area contributed by atoms with E-state index in [2.05, 4.69) is 0 Å². The van der Waals surface area contributed by atoms with Gasteiger partial charge < -0.3 is 19.6 Å². The average molecular weight is 388 g/mol. The highest BCUT2D eigenvalue weighted by Crippen LogP contribution is 2.24. The van der Waals surface area contributed by atoms with E-state index in [-0.39, 0.29) is 24.3 Å². The Morgan fingerprint density at radius 3 is 2.21 bits per heavy atom. The lowest BCUT2D eigenvalue weighted by Crippen LogP contribution is -2.40. The van der Waals surface area contributed by atoms with E-state index in [1.54, 1.807) is 29.2 Å². The minimum Gasteiger partial charge on any atom is -0.483 e. The summed E-state index contributed by atoms with van der Waals surface area (Å²) in [5.74, 6) is -1.02. The summed E-state index contributed by atoms with van der Waals surface area (Å²) in [5, 5.41) is 9.11. The molecule has 2 aliphatic rings. The molecule has 28 heavy (non-hydrogen) atoms. The molecule has 0 bridgehead atoms. The van der Waals surface area contributed by atoms with Crippen LogP contribution in [0.1, 0.15) is 48.9 Å². The number of likely N-dealkylation sites (tertiary alicyclic amines) is 2. The van der Waals surface area contributed by atoms with Crippen LogP contribution in [-0.2, 0) is 9.59 Å². The molecule has 0 radical (unpaired) electrons. The van der Waals surface area contributed by atoms with Crippen LogP contribution >= 0.6 is 0 Å². The van der Waals surface area contributed by atoms with Crippen LogP contribution in [0.5, 0.6) is 5.75 Å². The molecule has 2 heterocycles. The first kappa shape index (κ1) is 20.2. The molecule has 7 heteroatoms. The van der Waals surface area contributed by atoms with Crippen LogP contribution in [0.25, 0.3) is 0 Å². The van der Waals surface area contributed by atoms with Crippen LogP contribution in [0.4, 0.5) is 0 Å². The molecule has 0 unspecified atom stereocenters. The Balaban J connectivity index is 1.60. The van der Waals surface area contributed by atoms with E-state index >= 15 is 0 Å². The number of rotatable bonds is 5. The number of hydrogen-bond donors (Lipinski definition) is 1. The van der Waals surface area contributed by atoms with E-state index in [1.165, 1.54) is 0 Å². The SMILES string of the molecule is O=C(O)C1CCN(C(=O)c2ccccc2OCC(=O)N2CCCCCC2)CC1. The molecule has 7 nitrogen and oxygen atoms in total. The van der Waals surface area contributed by atoms with Crippen molar-refractivity contribution in [2.75, 3.05) is 32.8 Å². The van der Waals surface area contributed by atoms with Gasteiger partial charge in [-0.25, -0.2) is 0 Å². The number of benzene rings is 1. The summed E-state index contributed by atoms with van der Waals surface area (Å²) >= 11 is 0. The highest BCUT2D eigenvalue weighted by atomic mass is 16.5. The van der Waals surface area contributed by atoms with Crippen LogP contribution in [0, 0.1) is 5.92 Å². The zero-order valence-corrected chi connectivity index (χ0v) is 16.1. The second-order valence-electron chi connectivity index (χ2n) is 7.48. The number of ether oxygens (including phenoxy) is 1. The number of aliphatic carboxylic acids is 1. The maximum atomic E-state index is 12.9. The van der Waals surface area contributed by atoms with Crippen LogP contribution in [0.15, 0.2) is 24.3 Å². The van der Waals surface area contributed by atoms with Gasteiger partial charge in [0.15, 0.2) is 6.61 Å². The number of hydrogen-bond acceptors (Lipinski definition) is 4. The molecule has 0 atom stereocenters. The van der Waals surface area contributed by atoms with Gasteiger partial charge in [0.05, 0.1) is 11.5 Å². The van der Waals surface area contributed by atoms with Gasteiger partial charge in [-0.15, -0.1) is 0 Å². The fraction of sp³-hybridized carbons (Fsp3) is 0.571. The average Bonchev–Trinajstić information content (AvgIpc) is 3.01. The largest absolute Gasteiger partial charge is 0.483 e. The maximum absolute atomic E-state index is 12.9. The molecule has 1 N–H and O–H groups in total. The quantitative estimate of drug-likeness (QED) is 0.837. The number of amides is 2. The number of piperidine rings is 1. The molecule has 1 aromatic rings. The minimum atomic E-state index is -0.803. The van der Waals surface area contributed by atoms with Crippen molar-refractivity contribution in [3.63, 3.8) is 0 Å². The van der Waals surface area contributed by atoms with Crippen molar-refractivity contribution >= 4 is 17.8 Å². The van der Waals surface area contributed by atoms with Gasteiger partial charge in [-0.3, -0.25) is 14.4 Å². The molecule has 0 spiro atoms. The van der Waals surface area contributed by atoms with Crippen molar-refractivity contribution in [3.8, 4) is 5.75 Å². The van der Waals surface area contributed by atoms with E-state index in [0.717, 1.165) is 38.8 Å². The monoisotopic (exact) mass is 388 g/mol. The third kappa shape index (κ3) is 5.03. The predicted molar refractivity (Wildman–Crippen MR) is 103 cm³/mol. The normalized spacial score (nSPS) is 18.4. The molecule has 1 aromatic carbocycles. The summed E-state index contributed by atoms with van der Waals surface area (Å²) in [6.45, 7) is 2.28. The third-order valence-corrected chi connectivity index (χ3v) is 5.56. The lowest BCUT2D eigenvalue weighted by molar-refractivity contribution is -0.143. The molecular formula is C21H28N2O5. The molecule has 2 amide bonds. The second kappa shape index (κ2) is 9.57. The van der Waals surface area contributed by atoms with Crippen LogP contribution in [0.2, 0.25) is 0 Å². The molecule has 0 aliphatic carbocycles. The Morgan fingerprint density at radius 2 is 1.57 bits per heavy atom. The topological polar surface area (TPSA) is 87.1 Å². The summed E-state index contributed by atoms with van der Waals surface area (Å²) in [4.78, 5) is 40.0. The Morgan fingerprint density at radius 1 is 0.929 bits per heavy atom. The highest BCUT2D eigenvalue weighted by Gasteiger charge is 2.28. The number of nitrogens with zero attached hydrogens (tertiary/aromatic N) is 2. The number of carboxylic acid groups (broad SMARTS) is 1. The van der Waals surface area contributed by atoms with Crippen molar-refractivity contribution in [1.82, 2.24) is 9.80 Å². The molecule has 0 saturated carbocycles. The van der Waals surface area contributed by atoms with Crippen molar-refractivity contribution in [2.45, 2.75) is 38.5 Å². The minimum absolute atomic E-state index is 0.0496. The van der Waals surface area contributed by atoms with Gasteiger partial charge in [0.2, 0.25) is 0 Å². The second-order valence-corrected chi connectivity index (χ2v) is 7.48. The number of carbonyl (C=O) groups excluding carboxylic acids is 2. The first-order valence-corrected chi connectivity index (χ1v) is 10.1. The molecule has 0 aromatic heterocycles. The summed E-state index contributed by atoms with van der Waals surface area (Å²) < 4.78 is 5.73. The Hall–Kier alpha value is -2.57. The fourth-order valence-electron chi connectivity index (χ4n) is 3.82. The van der Waals surface area contributed by atoms with Gasteiger partial charge in [-0.1, -0.05) is 25.0 Å². The summed E-state index contributed by atoms with van der Waals surface area (Å²) in [5.41, 5.74) is 0.417. The Bertz CT molecular complexity index is 705. The van der Waals surface area contributed by atoms with Crippen molar-refractivity contribution in [3.05, 3.63) is 29.8 Å². The van der Waals surface area contributed by atoms with Gasteiger partial charge >= 0.3 is 5.97 Å². The van der Waals surface area contributed by atoms with Gasteiger partial charge in [0, 0.05) is 26.2 Å². The predicted octanol–water partition coefficient (Wildman–Crippen LogP) is 2.40. The summed E-state index contributed by atoms with van der Waals surface area (Å²) in [6, 6.07) is 6.93. The van der Waals surface area contributed by atoms with Crippen LogP contribution < -0.4 is 4.74 Å². The fourth-order valence-corrected chi connectivity index (χ4v) is 3.82. The molecular weight excluding hydrogens is 360 g/mol. The van der Waals surface area contributed by atoms with Crippen molar-refractivity contribution in [2.24, 2.45) is 5.92 Å². The highest BCUT2D eigenvalue weighted by molar-refractivity contribution is 5.97. The standard InChI is InChI=1S/C21H28N2O5/c24-19(22-11-5-1-2-6-12-22)15-28-18-8-4-3-7-17(18)20(25)23-13-9-16(10-14-23)21(26)27/h3-4,7-8,16H,1-2,5-6,9-15H2,(H,26,27). The Labute approximate surface area is 165 Å². The van der Waals surface area contributed by atoms with Gasteiger partial charge in [-0.2, -0.15) is 0 Å².